The van der Waals surface area contributed by atoms with Crippen LogP contribution in [0.2, 0.25) is 0 Å². The highest BCUT2D eigenvalue weighted by Gasteiger charge is 2.01. The summed E-state index contributed by atoms with van der Waals surface area (Å²) >= 11 is 0. The molecule has 1 heterocycles. The zero-order chi connectivity index (χ0) is 5.28. The van der Waals surface area contributed by atoms with Gasteiger partial charge >= 0.3 is 0 Å². The van der Waals surface area contributed by atoms with Crippen LogP contribution in [0.1, 0.15) is 7.43 Å². The molecule has 0 bridgehead atoms. The van der Waals surface area contributed by atoms with Crippen LogP contribution in [0.15, 0.2) is 24.4 Å². The molecule has 0 atom stereocenters. The van der Waals surface area contributed by atoms with Crippen molar-refractivity contribution in [2.75, 3.05) is 0 Å². The summed E-state index contributed by atoms with van der Waals surface area (Å²) in [6, 6.07) is 0. The van der Waals surface area contributed by atoms with Gasteiger partial charge in [0.05, 0.1) is 0 Å². The third kappa shape index (κ3) is 1.22. The van der Waals surface area contributed by atoms with Gasteiger partial charge in [-0.25, -0.2) is 0 Å². The van der Waals surface area contributed by atoms with E-state index in [-0.39, 0.29) is 13.3 Å². The maximum absolute atomic E-state index is 10.2. The molecular weight excluding hydrogens is 102 g/mol. The summed E-state index contributed by atoms with van der Waals surface area (Å²) in [6.07, 6.45) is 3.09. The molecule has 1 N–H and O–H groups in total. The zero-order valence-corrected chi connectivity index (χ0v) is 3.77. The highest BCUT2D eigenvalue weighted by Crippen LogP contribution is 1.94. The molecule has 2 nitrogen and oxygen atoms in total. The molecule has 1 aliphatic heterocycles. The average molecular weight is 111 g/mol. The molecule has 0 radical (unpaired) electrons. The number of carbonyl (C=O) groups is 1. The summed E-state index contributed by atoms with van der Waals surface area (Å²) < 4.78 is 0. The van der Waals surface area contributed by atoms with Crippen molar-refractivity contribution < 1.29 is 4.79 Å². The molecule has 8 heavy (non-hydrogen) atoms. The second-order valence-corrected chi connectivity index (χ2v) is 1.35. The fraction of sp³-hybridized carbons (Fsp3) is 0.167. The monoisotopic (exact) mass is 111 g/mol. The summed E-state index contributed by atoms with van der Waals surface area (Å²) in [5.74, 6) is -0.0787. The SMILES string of the molecule is C.C=C1C=CC(=O)N1. The van der Waals surface area contributed by atoms with Crippen LogP contribution in [0, 0.1) is 0 Å². The van der Waals surface area contributed by atoms with E-state index < -0.39 is 0 Å². The molecule has 0 aromatic rings. The fourth-order valence-electron chi connectivity index (χ4n) is 0.418. The van der Waals surface area contributed by atoms with Crippen molar-refractivity contribution in [1.82, 2.24) is 5.32 Å². The molecule has 0 aromatic heterocycles. The first kappa shape index (κ1) is 6.95. The van der Waals surface area contributed by atoms with E-state index in [9.17, 15) is 4.79 Å². The first-order chi connectivity index (χ1) is 3.29. The van der Waals surface area contributed by atoms with Crippen molar-refractivity contribution >= 4 is 5.91 Å². The number of amides is 1. The van der Waals surface area contributed by atoms with Crippen LogP contribution in [-0.2, 0) is 4.79 Å². The van der Waals surface area contributed by atoms with Crippen LogP contribution >= 0.6 is 0 Å². The van der Waals surface area contributed by atoms with E-state index >= 15 is 0 Å². The van der Waals surface area contributed by atoms with Crippen LogP contribution in [0.25, 0.3) is 0 Å². The van der Waals surface area contributed by atoms with Crippen molar-refractivity contribution in [2.24, 2.45) is 0 Å². The lowest BCUT2D eigenvalue weighted by molar-refractivity contribution is -0.115. The van der Waals surface area contributed by atoms with Gasteiger partial charge in [-0.15, -0.1) is 0 Å². The van der Waals surface area contributed by atoms with E-state index in [1.165, 1.54) is 6.08 Å². The molecule has 0 unspecified atom stereocenters. The molecule has 0 fully saturated rings. The van der Waals surface area contributed by atoms with Crippen molar-refractivity contribution in [3.63, 3.8) is 0 Å². The quantitative estimate of drug-likeness (QED) is 0.492. The first-order valence-electron chi connectivity index (χ1n) is 1.97. The van der Waals surface area contributed by atoms with Gasteiger partial charge in [-0.3, -0.25) is 4.79 Å². The maximum atomic E-state index is 10.2. The number of hydrogen-bond acceptors (Lipinski definition) is 1. The van der Waals surface area contributed by atoms with Gasteiger partial charge in [0.25, 0.3) is 0 Å². The Morgan fingerprint density at radius 3 is 2.25 bits per heavy atom. The Bertz CT molecular complexity index is 131. The van der Waals surface area contributed by atoms with Crippen LogP contribution in [0.4, 0.5) is 0 Å². The van der Waals surface area contributed by atoms with Crippen LogP contribution in [0.5, 0.6) is 0 Å². The van der Waals surface area contributed by atoms with Gasteiger partial charge in [0.15, 0.2) is 0 Å². The Labute approximate surface area is 48.9 Å². The van der Waals surface area contributed by atoms with E-state index in [2.05, 4.69) is 11.9 Å². The molecule has 44 valence electrons. The normalized spacial score (nSPS) is 15.5. The summed E-state index contributed by atoms with van der Waals surface area (Å²) in [4.78, 5) is 10.2. The Morgan fingerprint density at radius 2 is 2.12 bits per heavy atom. The second kappa shape index (κ2) is 2.31. The Hall–Kier alpha value is -1.05. The van der Waals surface area contributed by atoms with Crippen LogP contribution in [0.3, 0.4) is 0 Å². The van der Waals surface area contributed by atoms with Crippen molar-refractivity contribution in [3.05, 3.63) is 24.4 Å². The minimum atomic E-state index is -0.0787. The Balaban J connectivity index is 0.000000490. The molecule has 0 aromatic carbocycles. The Morgan fingerprint density at radius 1 is 1.50 bits per heavy atom. The number of nitrogens with one attached hydrogen (secondary N) is 1. The van der Waals surface area contributed by atoms with Gasteiger partial charge in [-0.2, -0.15) is 0 Å². The predicted molar refractivity (Wildman–Crippen MR) is 33.2 cm³/mol. The highest BCUT2D eigenvalue weighted by atomic mass is 16.1. The van der Waals surface area contributed by atoms with E-state index in [4.69, 9.17) is 0 Å². The number of rotatable bonds is 0. The lowest BCUT2D eigenvalue weighted by atomic mass is 10.5. The van der Waals surface area contributed by atoms with E-state index in [0.717, 1.165) is 0 Å². The number of allylic oxidation sites excluding steroid dienone is 1. The molecule has 1 amide bonds. The molecule has 1 rings (SSSR count). The zero-order valence-electron chi connectivity index (χ0n) is 3.77. The van der Waals surface area contributed by atoms with Crippen molar-refractivity contribution in [1.29, 1.82) is 0 Å². The Kier molecular flexibility index (Phi) is 2.00. The molecule has 2 heteroatoms. The van der Waals surface area contributed by atoms with Gasteiger partial charge in [-0.05, 0) is 6.08 Å². The third-order valence-electron chi connectivity index (χ3n) is 0.720. The van der Waals surface area contributed by atoms with Crippen LogP contribution < -0.4 is 5.32 Å². The summed E-state index contributed by atoms with van der Waals surface area (Å²) in [6.45, 7) is 3.49. The largest absolute Gasteiger partial charge is 0.323 e. The van der Waals surface area contributed by atoms with Gasteiger partial charge in [0, 0.05) is 11.8 Å². The smallest absolute Gasteiger partial charge is 0.248 e. The number of carbonyl (C=O) groups excluding carboxylic acids is 1. The molecule has 0 spiro atoms. The number of hydrogen-bond donors (Lipinski definition) is 1. The van der Waals surface area contributed by atoms with Crippen molar-refractivity contribution in [2.45, 2.75) is 7.43 Å². The fourth-order valence-corrected chi connectivity index (χ4v) is 0.418. The lowest BCUT2D eigenvalue weighted by Gasteiger charge is -1.86. The molecule has 1 aliphatic rings. The molecule has 0 aliphatic carbocycles. The predicted octanol–water partition coefficient (Wildman–Crippen LogP) is 0.822. The van der Waals surface area contributed by atoms with E-state index in [1.807, 2.05) is 0 Å². The van der Waals surface area contributed by atoms with Gasteiger partial charge in [0.1, 0.15) is 0 Å². The molecule has 0 saturated heterocycles. The van der Waals surface area contributed by atoms with E-state index in [1.54, 1.807) is 6.08 Å². The van der Waals surface area contributed by atoms with Gasteiger partial charge in [-0.1, -0.05) is 14.0 Å². The first-order valence-corrected chi connectivity index (χ1v) is 1.97. The minimum Gasteiger partial charge on any atom is -0.323 e. The second-order valence-electron chi connectivity index (χ2n) is 1.35. The minimum absolute atomic E-state index is 0. The standard InChI is InChI=1S/C5H5NO.CH4/c1-4-2-3-5(7)6-4;/h2-3H,1H2,(H,6,7);1H4. The summed E-state index contributed by atoms with van der Waals surface area (Å²) in [5, 5.41) is 2.47. The van der Waals surface area contributed by atoms with Gasteiger partial charge < -0.3 is 5.32 Å². The molecule has 0 saturated carbocycles. The average Bonchev–Trinajstić information content (AvgIpc) is 1.87. The maximum Gasteiger partial charge on any atom is 0.248 e. The van der Waals surface area contributed by atoms with Crippen molar-refractivity contribution in [3.8, 4) is 0 Å². The summed E-state index contributed by atoms with van der Waals surface area (Å²) in [5.41, 5.74) is 0.671. The summed E-state index contributed by atoms with van der Waals surface area (Å²) in [7, 11) is 0. The highest BCUT2D eigenvalue weighted by molar-refractivity contribution is 5.92. The van der Waals surface area contributed by atoms with E-state index in [0.29, 0.717) is 5.70 Å². The van der Waals surface area contributed by atoms with Crippen LogP contribution in [-0.4, -0.2) is 5.91 Å². The lowest BCUT2D eigenvalue weighted by Crippen LogP contribution is -2.11. The third-order valence-corrected chi connectivity index (χ3v) is 0.720. The van der Waals surface area contributed by atoms with Gasteiger partial charge in [0.2, 0.25) is 5.91 Å². The molecular formula is C6H9NO. The topological polar surface area (TPSA) is 29.1 Å².